The fourth-order valence-electron chi connectivity index (χ4n) is 0.840. The predicted molar refractivity (Wildman–Crippen MR) is 65.3 cm³/mol. The minimum absolute atomic E-state index is 0. The van der Waals surface area contributed by atoms with Gasteiger partial charge in [0, 0.05) is 11.0 Å². The zero-order chi connectivity index (χ0) is 9.68. The van der Waals surface area contributed by atoms with Gasteiger partial charge in [0.15, 0.2) is 0 Å². The molecule has 0 atom stereocenters. The third-order valence-electron chi connectivity index (χ3n) is 1.49. The highest BCUT2D eigenvalue weighted by Gasteiger charge is 2.09. The van der Waals surface area contributed by atoms with Gasteiger partial charge < -0.3 is 11.1 Å². The molecule has 0 saturated heterocycles. The SMILES string of the molecule is Cl.NCCCNC(=O)c1sccc1Br. The van der Waals surface area contributed by atoms with E-state index in [1.54, 1.807) is 0 Å². The second-order valence-electron chi connectivity index (χ2n) is 2.50. The second kappa shape index (κ2) is 7.23. The van der Waals surface area contributed by atoms with Gasteiger partial charge in [0.1, 0.15) is 4.88 Å². The number of nitrogens with two attached hydrogens (primary N) is 1. The molecule has 0 radical (unpaired) electrons. The quantitative estimate of drug-likeness (QED) is 0.836. The number of halogens is 2. The Morgan fingerprint density at radius 3 is 2.86 bits per heavy atom. The molecule has 1 aromatic heterocycles. The Hall–Kier alpha value is -0.100. The van der Waals surface area contributed by atoms with Crippen LogP contribution in [0.4, 0.5) is 0 Å². The normalized spacial score (nSPS) is 9.29. The van der Waals surface area contributed by atoms with E-state index in [2.05, 4.69) is 21.2 Å². The van der Waals surface area contributed by atoms with Crippen LogP contribution in [0, 0.1) is 0 Å². The molecule has 14 heavy (non-hydrogen) atoms. The summed E-state index contributed by atoms with van der Waals surface area (Å²) in [5, 5.41) is 4.67. The molecule has 3 N–H and O–H groups in total. The summed E-state index contributed by atoms with van der Waals surface area (Å²) in [4.78, 5) is 12.1. The van der Waals surface area contributed by atoms with Crippen molar-refractivity contribution in [1.29, 1.82) is 0 Å². The highest BCUT2D eigenvalue weighted by molar-refractivity contribution is 9.10. The fraction of sp³-hybridized carbons (Fsp3) is 0.375. The van der Waals surface area contributed by atoms with Gasteiger partial charge in [0.25, 0.3) is 5.91 Å². The Morgan fingerprint density at radius 2 is 2.36 bits per heavy atom. The van der Waals surface area contributed by atoms with Crippen molar-refractivity contribution in [3.63, 3.8) is 0 Å². The molecule has 0 aromatic carbocycles. The molecule has 0 spiro atoms. The molecule has 0 unspecified atom stereocenters. The molecule has 6 heteroatoms. The lowest BCUT2D eigenvalue weighted by Crippen LogP contribution is -2.25. The van der Waals surface area contributed by atoms with E-state index in [0.29, 0.717) is 13.1 Å². The van der Waals surface area contributed by atoms with Gasteiger partial charge in [-0.1, -0.05) is 0 Å². The van der Waals surface area contributed by atoms with E-state index in [4.69, 9.17) is 5.73 Å². The van der Waals surface area contributed by atoms with Crippen molar-refractivity contribution >= 4 is 45.6 Å². The Kier molecular flexibility index (Phi) is 7.17. The van der Waals surface area contributed by atoms with E-state index in [1.165, 1.54) is 11.3 Å². The lowest BCUT2D eigenvalue weighted by atomic mass is 10.4. The van der Waals surface area contributed by atoms with Crippen molar-refractivity contribution < 1.29 is 4.79 Å². The van der Waals surface area contributed by atoms with Crippen molar-refractivity contribution in [3.8, 4) is 0 Å². The van der Waals surface area contributed by atoms with Crippen LogP contribution < -0.4 is 11.1 Å². The smallest absolute Gasteiger partial charge is 0.262 e. The van der Waals surface area contributed by atoms with Crippen molar-refractivity contribution in [2.24, 2.45) is 5.73 Å². The first-order valence-corrected chi connectivity index (χ1v) is 5.64. The molecular formula is C8H12BrClN2OS. The summed E-state index contributed by atoms with van der Waals surface area (Å²) in [5.74, 6) is -0.0321. The van der Waals surface area contributed by atoms with Crippen LogP contribution in [0.1, 0.15) is 16.1 Å². The minimum Gasteiger partial charge on any atom is -0.351 e. The molecule has 1 heterocycles. The fourth-order valence-corrected chi connectivity index (χ4v) is 2.31. The maximum atomic E-state index is 11.4. The van der Waals surface area contributed by atoms with Gasteiger partial charge >= 0.3 is 0 Å². The maximum Gasteiger partial charge on any atom is 0.262 e. The van der Waals surface area contributed by atoms with E-state index < -0.39 is 0 Å². The van der Waals surface area contributed by atoms with Crippen LogP contribution in [0.5, 0.6) is 0 Å². The Balaban J connectivity index is 0.00000169. The van der Waals surface area contributed by atoms with Gasteiger partial charge in [-0.2, -0.15) is 0 Å². The van der Waals surface area contributed by atoms with Crippen LogP contribution in [0.25, 0.3) is 0 Å². The average Bonchev–Trinajstić information content (AvgIpc) is 2.52. The summed E-state index contributed by atoms with van der Waals surface area (Å²) >= 11 is 4.73. The first-order valence-electron chi connectivity index (χ1n) is 3.97. The van der Waals surface area contributed by atoms with Gasteiger partial charge in [-0.25, -0.2) is 0 Å². The molecule has 0 aliphatic rings. The lowest BCUT2D eigenvalue weighted by molar-refractivity contribution is 0.0957. The molecule has 0 saturated carbocycles. The van der Waals surface area contributed by atoms with Crippen LogP contribution in [-0.2, 0) is 0 Å². The molecule has 1 aromatic rings. The number of amides is 1. The number of hydrogen-bond donors (Lipinski definition) is 2. The Labute approximate surface area is 102 Å². The first-order chi connectivity index (χ1) is 6.25. The van der Waals surface area contributed by atoms with Crippen LogP contribution in [0.15, 0.2) is 15.9 Å². The number of carbonyl (C=O) groups excluding carboxylic acids is 1. The van der Waals surface area contributed by atoms with Crippen LogP contribution >= 0.6 is 39.7 Å². The van der Waals surface area contributed by atoms with Crippen molar-refractivity contribution in [2.75, 3.05) is 13.1 Å². The van der Waals surface area contributed by atoms with Gasteiger partial charge in [-0.05, 0) is 40.3 Å². The number of hydrogen-bond acceptors (Lipinski definition) is 3. The summed E-state index contributed by atoms with van der Waals surface area (Å²) in [5.41, 5.74) is 5.31. The summed E-state index contributed by atoms with van der Waals surface area (Å²) in [6, 6.07) is 1.86. The molecule has 80 valence electrons. The predicted octanol–water partition coefficient (Wildman–Crippen LogP) is 2.01. The summed E-state index contributed by atoms with van der Waals surface area (Å²) in [7, 11) is 0. The number of thiophene rings is 1. The molecule has 0 aliphatic carbocycles. The summed E-state index contributed by atoms with van der Waals surface area (Å²) < 4.78 is 0.850. The zero-order valence-corrected chi connectivity index (χ0v) is 10.7. The molecular weight excluding hydrogens is 288 g/mol. The largest absolute Gasteiger partial charge is 0.351 e. The van der Waals surface area contributed by atoms with Crippen LogP contribution in [-0.4, -0.2) is 19.0 Å². The van der Waals surface area contributed by atoms with Crippen molar-refractivity contribution in [2.45, 2.75) is 6.42 Å². The van der Waals surface area contributed by atoms with Gasteiger partial charge in [0.2, 0.25) is 0 Å². The standard InChI is InChI=1S/C8H11BrN2OS.ClH/c9-6-2-5-13-7(6)8(12)11-4-1-3-10;/h2,5H,1,3-4,10H2,(H,11,12);1H. The van der Waals surface area contributed by atoms with E-state index in [0.717, 1.165) is 15.8 Å². The molecule has 0 bridgehead atoms. The third-order valence-corrected chi connectivity index (χ3v) is 3.33. The Bertz CT molecular complexity index is 293. The van der Waals surface area contributed by atoms with E-state index in [-0.39, 0.29) is 18.3 Å². The van der Waals surface area contributed by atoms with Gasteiger partial charge in [0.05, 0.1) is 0 Å². The first kappa shape index (κ1) is 13.9. The molecule has 0 aliphatic heterocycles. The monoisotopic (exact) mass is 298 g/mol. The number of rotatable bonds is 4. The summed E-state index contributed by atoms with van der Waals surface area (Å²) in [6.07, 6.45) is 0.814. The van der Waals surface area contributed by atoms with E-state index >= 15 is 0 Å². The molecule has 0 fully saturated rings. The Morgan fingerprint density at radius 1 is 1.64 bits per heavy atom. The second-order valence-corrected chi connectivity index (χ2v) is 4.27. The van der Waals surface area contributed by atoms with Crippen molar-refractivity contribution in [1.82, 2.24) is 5.32 Å². The van der Waals surface area contributed by atoms with Gasteiger partial charge in [-0.3, -0.25) is 4.79 Å². The molecule has 1 rings (SSSR count). The highest BCUT2D eigenvalue weighted by Crippen LogP contribution is 2.22. The number of carbonyl (C=O) groups is 1. The highest BCUT2D eigenvalue weighted by atomic mass is 79.9. The van der Waals surface area contributed by atoms with E-state index in [9.17, 15) is 4.79 Å². The summed E-state index contributed by atoms with van der Waals surface area (Å²) in [6.45, 7) is 1.24. The van der Waals surface area contributed by atoms with Crippen LogP contribution in [0.2, 0.25) is 0 Å². The van der Waals surface area contributed by atoms with Crippen molar-refractivity contribution in [3.05, 3.63) is 20.8 Å². The van der Waals surface area contributed by atoms with Gasteiger partial charge in [-0.15, -0.1) is 23.7 Å². The zero-order valence-electron chi connectivity index (χ0n) is 7.46. The van der Waals surface area contributed by atoms with Crippen LogP contribution in [0.3, 0.4) is 0 Å². The molecule has 1 amide bonds. The minimum atomic E-state index is -0.0321. The maximum absolute atomic E-state index is 11.4. The third kappa shape index (κ3) is 3.96. The lowest BCUT2D eigenvalue weighted by Gasteiger charge is -2.01. The number of nitrogens with one attached hydrogen (secondary N) is 1. The van der Waals surface area contributed by atoms with E-state index in [1.807, 2.05) is 11.4 Å². The topological polar surface area (TPSA) is 55.1 Å². The molecule has 3 nitrogen and oxygen atoms in total. The average molecular weight is 300 g/mol.